The first-order valence-electron chi connectivity index (χ1n) is 8.65. The van der Waals surface area contributed by atoms with Crippen molar-refractivity contribution in [1.82, 2.24) is 0 Å². The van der Waals surface area contributed by atoms with Crippen LogP contribution in [0, 0.1) is 11.5 Å². The quantitative estimate of drug-likeness (QED) is 0.194. The van der Waals surface area contributed by atoms with E-state index in [0.29, 0.717) is 0 Å². The van der Waals surface area contributed by atoms with E-state index in [1.165, 1.54) is 42.4 Å². The van der Waals surface area contributed by atoms with Crippen molar-refractivity contribution in [3.8, 4) is 11.5 Å². The molecule has 0 atom stereocenters. The first-order chi connectivity index (χ1) is 10.2. The molecule has 0 nitrogen and oxygen atoms in total. The van der Waals surface area contributed by atoms with E-state index in [2.05, 4.69) is 77.0 Å². The van der Waals surface area contributed by atoms with Gasteiger partial charge in [-0.2, -0.15) is 0 Å². The summed E-state index contributed by atoms with van der Waals surface area (Å²) in [6.45, 7) is 15.7. The maximum atomic E-state index is 3.43. The van der Waals surface area contributed by atoms with Crippen molar-refractivity contribution in [1.29, 1.82) is 0 Å². The fraction of sp³-hybridized carbons (Fsp3) is 0.619. The average molecular weight is 317 g/mol. The molecule has 0 N–H and O–H groups in total. The van der Waals surface area contributed by atoms with Crippen LogP contribution in [0.3, 0.4) is 0 Å². The molecule has 0 aromatic rings. The summed E-state index contributed by atoms with van der Waals surface area (Å²) in [6, 6.07) is 0. The lowest BCUT2D eigenvalue weighted by molar-refractivity contribution is 0.909. The molecule has 1 heteroatoms. The van der Waals surface area contributed by atoms with Gasteiger partial charge < -0.3 is 0 Å². The Balaban J connectivity index is 3.96. The molecule has 22 heavy (non-hydrogen) atoms. The van der Waals surface area contributed by atoms with E-state index in [4.69, 9.17) is 0 Å². The average Bonchev–Trinajstić information content (AvgIpc) is 2.36. The van der Waals surface area contributed by atoms with Gasteiger partial charge in [0.1, 0.15) is 8.07 Å². The van der Waals surface area contributed by atoms with Crippen molar-refractivity contribution >= 4 is 8.07 Å². The Hall–Kier alpha value is -1.00. The number of allylic oxidation sites excluding steroid dienone is 6. The summed E-state index contributed by atoms with van der Waals surface area (Å²) < 4.78 is 0. The lowest BCUT2D eigenvalue weighted by Crippen LogP contribution is -2.16. The topological polar surface area (TPSA) is 0 Å². The van der Waals surface area contributed by atoms with Gasteiger partial charge in [0.2, 0.25) is 0 Å². The largest absolute Gasteiger partial charge is 0.132 e. The van der Waals surface area contributed by atoms with E-state index < -0.39 is 8.07 Å². The van der Waals surface area contributed by atoms with Crippen molar-refractivity contribution in [3.05, 3.63) is 34.9 Å². The fourth-order valence-corrected chi connectivity index (χ4v) is 2.71. The third kappa shape index (κ3) is 15.4. The van der Waals surface area contributed by atoms with E-state index in [0.717, 1.165) is 12.8 Å². The minimum atomic E-state index is -1.18. The Morgan fingerprint density at radius 1 is 0.773 bits per heavy atom. The highest BCUT2D eigenvalue weighted by atomic mass is 28.3. The molecule has 0 aromatic carbocycles. The van der Waals surface area contributed by atoms with Crippen LogP contribution in [0.25, 0.3) is 0 Å². The van der Waals surface area contributed by atoms with Gasteiger partial charge >= 0.3 is 0 Å². The van der Waals surface area contributed by atoms with Crippen molar-refractivity contribution in [2.24, 2.45) is 0 Å². The molecule has 0 radical (unpaired) electrons. The zero-order valence-electron chi connectivity index (χ0n) is 16.0. The third-order valence-corrected chi connectivity index (χ3v) is 4.28. The van der Waals surface area contributed by atoms with E-state index >= 15 is 0 Å². The molecule has 0 saturated heterocycles. The molecule has 0 rings (SSSR count). The highest BCUT2D eigenvalue weighted by molar-refractivity contribution is 6.83. The predicted octanol–water partition coefficient (Wildman–Crippen LogP) is 7.07. The Labute approximate surface area is 140 Å². The van der Waals surface area contributed by atoms with E-state index in [1.54, 1.807) is 0 Å². The van der Waals surface area contributed by atoms with Crippen LogP contribution in [-0.4, -0.2) is 8.07 Å². The van der Waals surface area contributed by atoms with Crippen LogP contribution in [0.1, 0.15) is 66.2 Å². The van der Waals surface area contributed by atoms with Crippen molar-refractivity contribution < 1.29 is 0 Å². The Morgan fingerprint density at radius 3 is 1.77 bits per heavy atom. The molecule has 0 aliphatic heterocycles. The normalized spacial score (nSPS) is 12.7. The van der Waals surface area contributed by atoms with Crippen molar-refractivity contribution in [2.45, 2.75) is 85.9 Å². The predicted molar refractivity (Wildman–Crippen MR) is 106 cm³/mol. The van der Waals surface area contributed by atoms with E-state index in [1.807, 2.05) is 0 Å². The maximum Gasteiger partial charge on any atom is 0.129 e. The standard InChI is InChI=1S/C21H36Si/c1-19(2)13-11-15-21(4)17-12-16-20(3)14-9-8-10-18-22(5,6)7/h13-14,17H,8-9,11-12,15-16H2,1-7H3. The Morgan fingerprint density at radius 2 is 1.27 bits per heavy atom. The number of unbranched alkanes of at least 4 members (excludes halogenated alkanes) is 1. The number of hydrogen-bond donors (Lipinski definition) is 0. The fourth-order valence-electron chi connectivity index (χ4n) is 2.06. The van der Waals surface area contributed by atoms with Gasteiger partial charge in [-0.3, -0.25) is 0 Å². The molecular weight excluding hydrogens is 280 g/mol. The third-order valence-electron chi connectivity index (χ3n) is 3.35. The molecule has 0 fully saturated rings. The van der Waals surface area contributed by atoms with Crippen LogP contribution in [0.15, 0.2) is 34.9 Å². The maximum absolute atomic E-state index is 3.43. The Bertz CT molecular complexity index is 454. The second kappa shape index (κ2) is 11.5. The molecule has 0 amide bonds. The monoisotopic (exact) mass is 316 g/mol. The molecule has 0 saturated carbocycles. The van der Waals surface area contributed by atoms with Gasteiger partial charge in [-0.1, -0.05) is 54.6 Å². The van der Waals surface area contributed by atoms with Crippen LogP contribution in [0.2, 0.25) is 19.6 Å². The molecular formula is C21H36Si. The zero-order chi connectivity index (χ0) is 17.0. The molecule has 0 bridgehead atoms. The van der Waals surface area contributed by atoms with Crippen molar-refractivity contribution in [3.63, 3.8) is 0 Å². The lowest BCUT2D eigenvalue weighted by atomic mass is 10.1. The van der Waals surface area contributed by atoms with Crippen LogP contribution in [-0.2, 0) is 0 Å². The van der Waals surface area contributed by atoms with Gasteiger partial charge in [0, 0.05) is 6.42 Å². The van der Waals surface area contributed by atoms with E-state index in [9.17, 15) is 0 Å². The molecule has 0 spiro atoms. The second-order valence-corrected chi connectivity index (χ2v) is 12.3. The molecule has 0 aliphatic carbocycles. The van der Waals surface area contributed by atoms with Gasteiger partial charge in [-0.15, -0.1) is 11.5 Å². The summed E-state index contributed by atoms with van der Waals surface area (Å²) >= 11 is 0. The molecule has 0 heterocycles. The van der Waals surface area contributed by atoms with Gasteiger partial charge in [-0.25, -0.2) is 0 Å². The minimum absolute atomic E-state index is 1.01. The minimum Gasteiger partial charge on any atom is -0.132 e. The zero-order valence-corrected chi connectivity index (χ0v) is 17.0. The van der Waals surface area contributed by atoms with Gasteiger partial charge in [-0.05, 0) is 59.8 Å². The molecule has 0 aromatic heterocycles. The summed E-state index contributed by atoms with van der Waals surface area (Å²) in [5.74, 6) is 3.34. The second-order valence-electron chi connectivity index (χ2n) is 7.55. The van der Waals surface area contributed by atoms with Gasteiger partial charge in [0.05, 0.1) is 0 Å². The molecule has 124 valence electrons. The summed E-state index contributed by atoms with van der Waals surface area (Å²) in [5.41, 5.74) is 7.87. The van der Waals surface area contributed by atoms with Gasteiger partial charge in [0.25, 0.3) is 0 Å². The summed E-state index contributed by atoms with van der Waals surface area (Å²) in [6.07, 6.45) is 13.9. The highest BCUT2D eigenvalue weighted by Gasteiger charge is 2.06. The molecule has 0 aliphatic rings. The van der Waals surface area contributed by atoms with Crippen LogP contribution in [0.5, 0.6) is 0 Å². The highest BCUT2D eigenvalue weighted by Crippen LogP contribution is 2.12. The summed E-state index contributed by atoms with van der Waals surface area (Å²) in [7, 11) is -1.18. The van der Waals surface area contributed by atoms with E-state index in [-0.39, 0.29) is 0 Å². The first kappa shape index (κ1) is 21.0. The van der Waals surface area contributed by atoms with Crippen LogP contribution >= 0.6 is 0 Å². The van der Waals surface area contributed by atoms with Crippen LogP contribution < -0.4 is 0 Å². The SMILES string of the molecule is CC(C)=CCCC(C)=CCCC(C)=CCCC#C[Si](C)(C)C. The molecule has 0 unspecified atom stereocenters. The van der Waals surface area contributed by atoms with Gasteiger partial charge in [0.15, 0.2) is 0 Å². The van der Waals surface area contributed by atoms with Crippen molar-refractivity contribution in [2.75, 3.05) is 0 Å². The smallest absolute Gasteiger partial charge is 0.129 e. The number of rotatable bonds is 8. The lowest BCUT2D eigenvalue weighted by Gasteiger charge is -2.03. The Kier molecular flexibility index (Phi) is 11.0. The number of hydrogen-bond acceptors (Lipinski definition) is 0. The summed E-state index contributed by atoms with van der Waals surface area (Å²) in [4.78, 5) is 0. The summed E-state index contributed by atoms with van der Waals surface area (Å²) in [5, 5.41) is 0. The van der Waals surface area contributed by atoms with Crippen LogP contribution in [0.4, 0.5) is 0 Å². The first-order valence-corrected chi connectivity index (χ1v) is 12.2.